The molecule has 0 bridgehead atoms. The molecule has 5 rings (SSSR count). The van der Waals surface area contributed by atoms with Gasteiger partial charge < -0.3 is 20.1 Å². The van der Waals surface area contributed by atoms with Crippen molar-refractivity contribution in [3.05, 3.63) is 59.7 Å². The van der Waals surface area contributed by atoms with E-state index in [-0.39, 0.29) is 25.1 Å². The van der Waals surface area contributed by atoms with Gasteiger partial charge in [-0.25, -0.2) is 4.79 Å². The first-order valence-electron chi connectivity index (χ1n) is 10.4. The number of hydrogen-bond acceptors (Lipinski definition) is 5. The van der Waals surface area contributed by atoms with Gasteiger partial charge in [0.1, 0.15) is 24.8 Å². The smallest absolute Gasteiger partial charge is 0.325 e. The van der Waals surface area contributed by atoms with Crippen LogP contribution in [0.2, 0.25) is 0 Å². The molecule has 8 nitrogen and oxygen atoms in total. The summed E-state index contributed by atoms with van der Waals surface area (Å²) in [4.78, 5) is 39.4. The Labute approximate surface area is 179 Å². The topological polar surface area (TPSA) is 97.0 Å². The number of para-hydroxylation sites is 2. The Balaban J connectivity index is 1.23. The van der Waals surface area contributed by atoms with E-state index in [1.807, 2.05) is 42.5 Å². The van der Waals surface area contributed by atoms with E-state index in [2.05, 4.69) is 10.6 Å². The minimum absolute atomic E-state index is 0.213. The first-order chi connectivity index (χ1) is 15.1. The van der Waals surface area contributed by atoms with Crippen molar-refractivity contribution in [2.45, 2.75) is 30.9 Å². The highest BCUT2D eigenvalue weighted by atomic mass is 16.6. The molecule has 2 heterocycles. The summed E-state index contributed by atoms with van der Waals surface area (Å²) >= 11 is 0. The van der Waals surface area contributed by atoms with Crippen molar-refractivity contribution >= 4 is 17.8 Å². The van der Waals surface area contributed by atoms with E-state index >= 15 is 0 Å². The van der Waals surface area contributed by atoms with Crippen molar-refractivity contribution in [3.63, 3.8) is 0 Å². The zero-order valence-corrected chi connectivity index (χ0v) is 16.9. The van der Waals surface area contributed by atoms with Gasteiger partial charge in [-0.2, -0.15) is 0 Å². The van der Waals surface area contributed by atoms with E-state index in [9.17, 15) is 14.4 Å². The Morgan fingerprint density at radius 3 is 2.77 bits per heavy atom. The standard InChI is InChI=1S/C23H23N3O5/c27-20(24-12-16-14-30-18-9-3-4-10-19(18)31-16)13-26-21(28)23(25-22(26)29)11-5-7-15-6-1-2-8-17(15)23/h1-4,6,8-10,16H,5,7,11-14H2,(H,24,27)(H,25,29)/t16-,23-/m0/s1. The Morgan fingerprint density at radius 1 is 1.13 bits per heavy atom. The zero-order valence-electron chi connectivity index (χ0n) is 16.9. The third-order valence-electron chi connectivity index (χ3n) is 6.05. The molecule has 31 heavy (non-hydrogen) atoms. The van der Waals surface area contributed by atoms with Crippen LogP contribution in [0.15, 0.2) is 48.5 Å². The largest absolute Gasteiger partial charge is 0.486 e. The second kappa shape index (κ2) is 7.61. The Hall–Kier alpha value is -3.55. The minimum atomic E-state index is -1.07. The number of imide groups is 1. The normalized spacial score (nSPS) is 24.0. The molecule has 2 aromatic rings. The number of rotatable bonds is 4. The van der Waals surface area contributed by atoms with Crippen LogP contribution in [0.4, 0.5) is 4.79 Å². The van der Waals surface area contributed by atoms with E-state index in [0.717, 1.165) is 28.9 Å². The molecule has 2 aliphatic heterocycles. The fourth-order valence-corrected chi connectivity index (χ4v) is 4.55. The van der Waals surface area contributed by atoms with Crippen LogP contribution in [-0.2, 0) is 21.5 Å². The van der Waals surface area contributed by atoms with Crippen molar-refractivity contribution < 1.29 is 23.9 Å². The van der Waals surface area contributed by atoms with Crippen molar-refractivity contribution in [1.29, 1.82) is 0 Å². The third kappa shape index (κ3) is 3.37. The lowest BCUT2D eigenvalue weighted by Crippen LogP contribution is -2.48. The highest BCUT2D eigenvalue weighted by Crippen LogP contribution is 2.39. The van der Waals surface area contributed by atoms with E-state index in [4.69, 9.17) is 9.47 Å². The highest BCUT2D eigenvalue weighted by molar-refractivity contribution is 6.09. The van der Waals surface area contributed by atoms with Crippen LogP contribution in [0.1, 0.15) is 24.0 Å². The van der Waals surface area contributed by atoms with Crippen LogP contribution in [0.5, 0.6) is 11.5 Å². The number of nitrogens with zero attached hydrogens (tertiary/aromatic N) is 1. The zero-order chi connectivity index (χ0) is 21.4. The predicted molar refractivity (Wildman–Crippen MR) is 111 cm³/mol. The van der Waals surface area contributed by atoms with E-state index in [1.54, 1.807) is 6.07 Å². The summed E-state index contributed by atoms with van der Waals surface area (Å²) in [6, 6.07) is 14.5. The maximum absolute atomic E-state index is 13.3. The maximum Gasteiger partial charge on any atom is 0.325 e. The van der Waals surface area contributed by atoms with Gasteiger partial charge in [-0.05, 0) is 42.5 Å². The fraction of sp³-hybridized carbons (Fsp3) is 0.348. The maximum atomic E-state index is 13.3. The molecule has 0 saturated carbocycles. The Kier molecular flexibility index (Phi) is 4.77. The van der Waals surface area contributed by atoms with Gasteiger partial charge in [0.2, 0.25) is 5.91 Å². The Bertz CT molecular complexity index is 1060. The van der Waals surface area contributed by atoms with Crippen molar-refractivity contribution in [1.82, 2.24) is 15.5 Å². The summed E-state index contributed by atoms with van der Waals surface area (Å²) in [7, 11) is 0. The van der Waals surface area contributed by atoms with Gasteiger partial charge in [-0.15, -0.1) is 0 Å². The van der Waals surface area contributed by atoms with Gasteiger partial charge in [0.05, 0.1) is 6.54 Å². The van der Waals surface area contributed by atoms with Crippen LogP contribution in [0.25, 0.3) is 0 Å². The number of aryl methyl sites for hydroxylation is 1. The molecule has 4 amide bonds. The summed E-state index contributed by atoms with van der Waals surface area (Å²) in [5.41, 5.74) is 0.813. The molecule has 0 unspecified atom stereocenters. The third-order valence-corrected chi connectivity index (χ3v) is 6.05. The monoisotopic (exact) mass is 421 g/mol. The number of carbonyl (C=O) groups is 3. The molecule has 2 atom stereocenters. The molecule has 8 heteroatoms. The fourth-order valence-electron chi connectivity index (χ4n) is 4.55. The number of benzene rings is 2. The van der Waals surface area contributed by atoms with Crippen molar-refractivity contribution in [2.24, 2.45) is 0 Å². The average Bonchev–Trinajstić information content (AvgIpc) is 3.02. The predicted octanol–water partition coefficient (Wildman–Crippen LogP) is 1.73. The van der Waals surface area contributed by atoms with E-state index in [1.165, 1.54) is 0 Å². The first-order valence-corrected chi connectivity index (χ1v) is 10.4. The van der Waals surface area contributed by atoms with Gasteiger partial charge in [0.25, 0.3) is 5.91 Å². The number of nitrogens with one attached hydrogen (secondary N) is 2. The van der Waals surface area contributed by atoms with Crippen LogP contribution >= 0.6 is 0 Å². The number of carbonyl (C=O) groups excluding carboxylic acids is 3. The van der Waals surface area contributed by atoms with Gasteiger partial charge in [0.15, 0.2) is 11.5 Å². The SMILES string of the molecule is O=C(CN1C(=O)N[C@]2(CCCc3ccccc32)C1=O)NC[C@H]1COc2ccccc2O1. The summed E-state index contributed by atoms with van der Waals surface area (Å²) in [5.74, 6) is 0.501. The molecular weight excluding hydrogens is 398 g/mol. The van der Waals surface area contributed by atoms with Crippen molar-refractivity contribution in [3.8, 4) is 11.5 Å². The lowest BCUT2D eigenvalue weighted by atomic mass is 9.76. The number of amides is 4. The van der Waals surface area contributed by atoms with Gasteiger partial charge in [-0.1, -0.05) is 36.4 Å². The molecule has 3 aliphatic rings. The molecule has 1 spiro atoms. The number of urea groups is 1. The van der Waals surface area contributed by atoms with Gasteiger partial charge in [-0.3, -0.25) is 14.5 Å². The molecule has 1 fully saturated rings. The molecule has 1 saturated heterocycles. The summed E-state index contributed by atoms with van der Waals surface area (Å²) in [5, 5.41) is 5.60. The van der Waals surface area contributed by atoms with Crippen LogP contribution in [0, 0.1) is 0 Å². The summed E-state index contributed by atoms with van der Waals surface area (Å²) in [6.07, 6.45) is 1.84. The molecule has 160 valence electrons. The quantitative estimate of drug-likeness (QED) is 0.733. The van der Waals surface area contributed by atoms with E-state index < -0.39 is 17.5 Å². The van der Waals surface area contributed by atoms with Crippen LogP contribution in [0.3, 0.4) is 0 Å². The molecule has 2 N–H and O–H groups in total. The second-order valence-corrected chi connectivity index (χ2v) is 8.04. The lowest BCUT2D eigenvalue weighted by Gasteiger charge is -2.33. The first kappa shape index (κ1) is 19.4. The van der Waals surface area contributed by atoms with Gasteiger partial charge >= 0.3 is 6.03 Å². The molecule has 1 aliphatic carbocycles. The second-order valence-electron chi connectivity index (χ2n) is 8.04. The number of fused-ring (bicyclic) bond motifs is 3. The number of hydrogen-bond donors (Lipinski definition) is 2. The summed E-state index contributed by atoms with van der Waals surface area (Å²) < 4.78 is 11.5. The molecule has 0 radical (unpaired) electrons. The lowest BCUT2D eigenvalue weighted by molar-refractivity contribution is -0.135. The summed E-state index contributed by atoms with van der Waals surface area (Å²) in [6.45, 7) is 0.184. The average molecular weight is 421 g/mol. The van der Waals surface area contributed by atoms with Gasteiger partial charge in [0, 0.05) is 0 Å². The van der Waals surface area contributed by atoms with Crippen LogP contribution < -0.4 is 20.1 Å². The van der Waals surface area contributed by atoms with E-state index in [0.29, 0.717) is 24.5 Å². The minimum Gasteiger partial charge on any atom is -0.486 e. The van der Waals surface area contributed by atoms with Crippen LogP contribution in [-0.4, -0.2) is 48.5 Å². The molecule has 0 aromatic heterocycles. The van der Waals surface area contributed by atoms with Crippen molar-refractivity contribution in [2.75, 3.05) is 19.7 Å². The molecular formula is C23H23N3O5. The highest BCUT2D eigenvalue weighted by Gasteiger charge is 2.54. The number of ether oxygens (including phenoxy) is 2. The Morgan fingerprint density at radius 2 is 1.90 bits per heavy atom. The molecule has 2 aromatic carbocycles.